The summed E-state index contributed by atoms with van der Waals surface area (Å²) in [6, 6.07) is 27.3. The van der Waals surface area contributed by atoms with Crippen LogP contribution in [0.1, 0.15) is 28.4 Å². The number of nitro benzene ring substituents is 1. The van der Waals surface area contributed by atoms with Gasteiger partial charge in [0.1, 0.15) is 0 Å². The zero-order valence-corrected chi connectivity index (χ0v) is 18.1. The summed E-state index contributed by atoms with van der Waals surface area (Å²) < 4.78 is 0.936. The summed E-state index contributed by atoms with van der Waals surface area (Å²) >= 11 is 3.44. The highest BCUT2D eigenvalue weighted by atomic mass is 79.9. The standard InChI is InChI=1S/C25H19BrN2O3/c26-21-12-10-18(11-13-21)24(27-22-6-3-7-23(15-22)28(30)31)16-25(29)20-9-8-17-4-1-2-5-19(17)14-20/h1-15,24,27H,16H2. The van der Waals surface area contributed by atoms with E-state index in [1.165, 1.54) is 12.1 Å². The monoisotopic (exact) mass is 474 g/mol. The molecule has 0 aliphatic rings. The number of rotatable bonds is 7. The van der Waals surface area contributed by atoms with Crippen LogP contribution in [0.2, 0.25) is 0 Å². The lowest BCUT2D eigenvalue weighted by molar-refractivity contribution is -0.384. The minimum atomic E-state index is -0.431. The van der Waals surface area contributed by atoms with Crippen molar-refractivity contribution in [3.8, 4) is 0 Å². The number of halogens is 1. The van der Waals surface area contributed by atoms with Crippen molar-refractivity contribution in [1.82, 2.24) is 0 Å². The normalized spacial score (nSPS) is 11.8. The third kappa shape index (κ3) is 4.98. The molecule has 0 amide bonds. The third-order valence-corrected chi connectivity index (χ3v) is 5.66. The number of nitrogens with one attached hydrogen (secondary N) is 1. The number of nitrogens with zero attached hydrogens (tertiary/aromatic N) is 1. The van der Waals surface area contributed by atoms with Crippen LogP contribution in [0.3, 0.4) is 0 Å². The summed E-state index contributed by atoms with van der Waals surface area (Å²) in [7, 11) is 0. The van der Waals surface area contributed by atoms with E-state index in [1.54, 1.807) is 12.1 Å². The molecule has 5 nitrogen and oxygen atoms in total. The number of carbonyl (C=O) groups is 1. The average molecular weight is 475 g/mol. The Morgan fingerprint density at radius 1 is 0.903 bits per heavy atom. The Bertz CT molecular complexity index is 1260. The van der Waals surface area contributed by atoms with Gasteiger partial charge in [0.2, 0.25) is 0 Å². The van der Waals surface area contributed by atoms with Crippen molar-refractivity contribution in [3.63, 3.8) is 0 Å². The van der Waals surface area contributed by atoms with E-state index >= 15 is 0 Å². The van der Waals surface area contributed by atoms with E-state index in [0.717, 1.165) is 20.8 Å². The van der Waals surface area contributed by atoms with E-state index in [4.69, 9.17) is 0 Å². The van der Waals surface area contributed by atoms with E-state index in [2.05, 4.69) is 21.2 Å². The molecule has 4 rings (SSSR count). The minimum Gasteiger partial charge on any atom is -0.378 e. The Hall–Kier alpha value is -3.51. The molecule has 0 saturated heterocycles. The molecule has 4 aromatic rings. The first kappa shape index (κ1) is 20.8. The molecule has 0 radical (unpaired) electrons. The summed E-state index contributed by atoms with van der Waals surface area (Å²) in [5.74, 6) is -0.00315. The molecular formula is C25H19BrN2O3. The van der Waals surface area contributed by atoms with Gasteiger partial charge in [-0.15, -0.1) is 0 Å². The second-order valence-corrected chi connectivity index (χ2v) is 8.16. The number of Topliss-reactive ketones (excluding diaryl/α,β-unsaturated/α-hetero) is 1. The second kappa shape index (κ2) is 9.10. The van der Waals surface area contributed by atoms with Gasteiger partial charge < -0.3 is 5.32 Å². The minimum absolute atomic E-state index is 0.000381. The number of ketones is 1. The van der Waals surface area contributed by atoms with Crippen molar-refractivity contribution < 1.29 is 9.72 Å². The van der Waals surface area contributed by atoms with Gasteiger partial charge in [-0.2, -0.15) is 0 Å². The van der Waals surface area contributed by atoms with Crippen LogP contribution in [-0.4, -0.2) is 10.7 Å². The van der Waals surface area contributed by atoms with Gasteiger partial charge in [0.05, 0.1) is 11.0 Å². The SMILES string of the molecule is O=C(CC(Nc1cccc([N+](=O)[O-])c1)c1ccc(Br)cc1)c1ccc2ccccc2c1. The van der Waals surface area contributed by atoms with Gasteiger partial charge in [-0.1, -0.05) is 70.5 Å². The average Bonchev–Trinajstić information content (AvgIpc) is 2.79. The highest BCUT2D eigenvalue weighted by Crippen LogP contribution is 2.28. The van der Waals surface area contributed by atoms with Gasteiger partial charge in [0.15, 0.2) is 5.78 Å². The van der Waals surface area contributed by atoms with E-state index < -0.39 is 4.92 Å². The lowest BCUT2D eigenvalue weighted by Gasteiger charge is -2.20. The van der Waals surface area contributed by atoms with E-state index in [0.29, 0.717) is 11.3 Å². The van der Waals surface area contributed by atoms with Crippen molar-refractivity contribution in [3.05, 3.63) is 117 Å². The number of anilines is 1. The summed E-state index contributed by atoms with van der Waals surface area (Å²) in [6.45, 7) is 0. The molecule has 0 aromatic heterocycles. The van der Waals surface area contributed by atoms with Gasteiger partial charge in [-0.3, -0.25) is 14.9 Å². The third-order valence-electron chi connectivity index (χ3n) is 5.13. The number of carbonyl (C=O) groups excluding carboxylic acids is 1. The molecule has 0 heterocycles. The highest BCUT2D eigenvalue weighted by Gasteiger charge is 2.19. The van der Waals surface area contributed by atoms with E-state index in [-0.39, 0.29) is 23.9 Å². The summed E-state index contributed by atoms with van der Waals surface area (Å²) in [4.78, 5) is 23.9. The smallest absolute Gasteiger partial charge is 0.271 e. The lowest BCUT2D eigenvalue weighted by Crippen LogP contribution is -2.16. The number of non-ortho nitro benzene ring substituents is 1. The van der Waals surface area contributed by atoms with Crippen LogP contribution in [0.15, 0.2) is 95.5 Å². The Balaban J connectivity index is 1.63. The van der Waals surface area contributed by atoms with Crippen LogP contribution < -0.4 is 5.32 Å². The largest absolute Gasteiger partial charge is 0.378 e. The van der Waals surface area contributed by atoms with Crippen molar-refractivity contribution in [2.75, 3.05) is 5.32 Å². The first-order valence-electron chi connectivity index (χ1n) is 9.78. The zero-order valence-electron chi connectivity index (χ0n) is 16.5. The summed E-state index contributed by atoms with van der Waals surface area (Å²) in [6.07, 6.45) is 0.211. The van der Waals surface area contributed by atoms with Crippen molar-refractivity contribution in [2.45, 2.75) is 12.5 Å². The molecule has 1 unspecified atom stereocenters. The summed E-state index contributed by atoms with van der Waals surface area (Å²) in [5.41, 5.74) is 2.15. The molecule has 1 N–H and O–H groups in total. The molecule has 0 fully saturated rings. The fraction of sp³-hybridized carbons (Fsp3) is 0.0800. The quantitative estimate of drug-likeness (QED) is 0.179. The van der Waals surface area contributed by atoms with Crippen molar-refractivity contribution in [1.29, 1.82) is 0 Å². The number of hydrogen-bond donors (Lipinski definition) is 1. The molecule has 0 aliphatic heterocycles. The maximum absolute atomic E-state index is 13.1. The molecule has 0 aliphatic carbocycles. The van der Waals surface area contributed by atoms with Gasteiger partial charge >= 0.3 is 0 Å². The van der Waals surface area contributed by atoms with Gasteiger partial charge in [0, 0.05) is 34.3 Å². The van der Waals surface area contributed by atoms with E-state index in [1.807, 2.05) is 66.7 Å². The van der Waals surface area contributed by atoms with Crippen molar-refractivity contribution in [2.24, 2.45) is 0 Å². The Labute approximate surface area is 188 Å². The predicted octanol–water partition coefficient (Wildman–Crippen LogP) is 6.94. The number of benzene rings is 4. The van der Waals surface area contributed by atoms with Gasteiger partial charge in [-0.25, -0.2) is 0 Å². The first-order chi connectivity index (χ1) is 15.0. The predicted molar refractivity (Wildman–Crippen MR) is 126 cm³/mol. The first-order valence-corrected chi connectivity index (χ1v) is 10.6. The molecule has 1 atom stereocenters. The lowest BCUT2D eigenvalue weighted by atomic mass is 9.96. The molecule has 6 heteroatoms. The summed E-state index contributed by atoms with van der Waals surface area (Å²) in [5, 5.41) is 16.5. The topological polar surface area (TPSA) is 72.2 Å². The maximum Gasteiger partial charge on any atom is 0.271 e. The number of hydrogen-bond acceptors (Lipinski definition) is 4. The Morgan fingerprint density at radius 3 is 2.39 bits per heavy atom. The van der Waals surface area contributed by atoms with Crippen LogP contribution in [0.25, 0.3) is 10.8 Å². The molecule has 0 bridgehead atoms. The maximum atomic E-state index is 13.1. The molecule has 0 spiro atoms. The molecule has 4 aromatic carbocycles. The Kier molecular flexibility index (Phi) is 6.09. The van der Waals surface area contributed by atoms with Crippen LogP contribution >= 0.6 is 15.9 Å². The number of fused-ring (bicyclic) bond motifs is 1. The van der Waals surface area contributed by atoms with E-state index in [9.17, 15) is 14.9 Å². The molecular weight excluding hydrogens is 456 g/mol. The van der Waals surface area contributed by atoms with Crippen molar-refractivity contribution >= 4 is 43.9 Å². The Morgan fingerprint density at radius 2 is 1.65 bits per heavy atom. The second-order valence-electron chi connectivity index (χ2n) is 7.25. The van der Waals surface area contributed by atoms with Crippen LogP contribution in [0, 0.1) is 10.1 Å². The fourth-order valence-corrected chi connectivity index (χ4v) is 3.79. The highest BCUT2D eigenvalue weighted by molar-refractivity contribution is 9.10. The van der Waals surface area contributed by atoms with Crippen LogP contribution in [0.4, 0.5) is 11.4 Å². The number of nitro groups is 1. The van der Waals surface area contributed by atoms with Crippen LogP contribution in [-0.2, 0) is 0 Å². The fourth-order valence-electron chi connectivity index (χ4n) is 3.52. The molecule has 31 heavy (non-hydrogen) atoms. The van der Waals surface area contributed by atoms with Gasteiger partial charge in [0.25, 0.3) is 5.69 Å². The molecule has 154 valence electrons. The van der Waals surface area contributed by atoms with Crippen LogP contribution in [0.5, 0.6) is 0 Å². The molecule has 0 saturated carbocycles. The zero-order chi connectivity index (χ0) is 21.8. The van der Waals surface area contributed by atoms with Gasteiger partial charge in [-0.05, 0) is 40.6 Å².